The molecule has 118 valence electrons. The summed E-state index contributed by atoms with van der Waals surface area (Å²) in [7, 11) is 1.46. The van der Waals surface area contributed by atoms with Crippen molar-refractivity contribution in [1.82, 2.24) is 5.32 Å². The second kappa shape index (κ2) is 8.44. The summed E-state index contributed by atoms with van der Waals surface area (Å²) in [6, 6.07) is 13.7. The van der Waals surface area contributed by atoms with Crippen LogP contribution in [0.3, 0.4) is 0 Å². The number of carbonyl (C=O) groups is 1. The fourth-order valence-electron chi connectivity index (χ4n) is 1.75. The molecule has 0 atom stereocenters. The van der Waals surface area contributed by atoms with Crippen LogP contribution >= 0.6 is 0 Å². The van der Waals surface area contributed by atoms with Crippen molar-refractivity contribution in [2.75, 3.05) is 13.7 Å². The second-order valence-corrected chi connectivity index (χ2v) is 4.56. The summed E-state index contributed by atoms with van der Waals surface area (Å²) in [6.07, 6.45) is -0.571. The Morgan fingerprint density at radius 2 is 2.00 bits per heavy atom. The van der Waals surface area contributed by atoms with Gasteiger partial charge in [0.05, 0.1) is 19.2 Å². The zero-order chi connectivity index (χ0) is 16.5. The molecule has 0 aliphatic carbocycles. The minimum absolute atomic E-state index is 0.0685. The Labute approximate surface area is 134 Å². The summed E-state index contributed by atoms with van der Waals surface area (Å²) in [5.41, 5.74) is 1.14. The van der Waals surface area contributed by atoms with Crippen molar-refractivity contribution in [2.45, 2.75) is 6.61 Å². The number of hydrogen-bond donors (Lipinski definition) is 1. The first kappa shape index (κ1) is 16.4. The Balaban J connectivity index is 1.78. The van der Waals surface area contributed by atoms with Gasteiger partial charge < -0.3 is 14.8 Å². The van der Waals surface area contributed by atoms with Crippen LogP contribution in [-0.2, 0) is 11.3 Å². The third kappa shape index (κ3) is 5.36. The van der Waals surface area contributed by atoms with Gasteiger partial charge in [0, 0.05) is 6.07 Å². The number of rotatable bonds is 4. The van der Waals surface area contributed by atoms with Crippen molar-refractivity contribution >= 4 is 6.09 Å². The van der Waals surface area contributed by atoms with E-state index in [0.29, 0.717) is 5.75 Å². The molecule has 0 aromatic heterocycles. The molecule has 0 fully saturated rings. The normalized spacial score (nSPS) is 9.48. The van der Waals surface area contributed by atoms with E-state index in [9.17, 15) is 9.18 Å². The Morgan fingerprint density at radius 1 is 1.22 bits per heavy atom. The number of carbonyl (C=O) groups excluding carboxylic acids is 1. The number of amides is 1. The third-order valence-electron chi connectivity index (χ3n) is 2.93. The summed E-state index contributed by atoms with van der Waals surface area (Å²) in [4.78, 5) is 11.5. The molecule has 2 aromatic rings. The lowest BCUT2D eigenvalue weighted by atomic mass is 10.2. The molecule has 1 N–H and O–H groups in total. The highest BCUT2D eigenvalue weighted by Crippen LogP contribution is 2.15. The van der Waals surface area contributed by atoms with E-state index in [-0.39, 0.29) is 18.7 Å². The summed E-state index contributed by atoms with van der Waals surface area (Å²) in [5.74, 6) is 5.27. The molecule has 0 aliphatic rings. The number of nitrogens with one attached hydrogen (secondary N) is 1. The van der Waals surface area contributed by atoms with Gasteiger partial charge in [0.1, 0.15) is 18.2 Å². The Morgan fingerprint density at radius 3 is 2.70 bits per heavy atom. The minimum atomic E-state index is -0.571. The molecule has 0 spiro atoms. The van der Waals surface area contributed by atoms with E-state index in [1.54, 1.807) is 6.07 Å². The first-order valence-corrected chi connectivity index (χ1v) is 6.96. The largest absolute Gasteiger partial charge is 0.497 e. The molecular weight excluding hydrogens is 297 g/mol. The molecule has 23 heavy (non-hydrogen) atoms. The van der Waals surface area contributed by atoms with Gasteiger partial charge in [-0.25, -0.2) is 9.18 Å². The van der Waals surface area contributed by atoms with Crippen LogP contribution < -0.4 is 10.1 Å². The van der Waals surface area contributed by atoms with E-state index >= 15 is 0 Å². The summed E-state index contributed by atoms with van der Waals surface area (Å²) in [5, 5.41) is 2.48. The monoisotopic (exact) mass is 313 g/mol. The lowest BCUT2D eigenvalue weighted by Gasteiger charge is -2.04. The van der Waals surface area contributed by atoms with E-state index in [1.807, 2.05) is 30.3 Å². The molecule has 0 saturated carbocycles. The van der Waals surface area contributed by atoms with E-state index in [0.717, 1.165) is 5.56 Å². The summed E-state index contributed by atoms with van der Waals surface area (Å²) >= 11 is 0. The molecular formula is C18H16FNO3. The molecule has 0 heterocycles. The van der Waals surface area contributed by atoms with Gasteiger partial charge in [-0.1, -0.05) is 42.2 Å². The van der Waals surface area contributed by atoms with Gasteiger partial charge in [0.2, 0.25) is 0 Å². The lowest BCUT2D eigenvalue weighted by molar-refractivity contribution is 0.141. The van der Waals surface area contributed by atoms with Gasteiger partial charge in [0.15, 0.2) is 0 Å². The molecule has 5 heteroatoms. The zero-order valence-corrected chi connectivity index (χ0v) is 12.6. The lowest BCUT2D eigenvalue weighted by Crippen LogP contribution is -2.24. The Bertz CT molecular complexity index is 720. The van der Waals surface area contributed by atoms with Crippen molar-refractivity contribution in [1.29, 1.82) is 0 Å². The van der Waals surface area contributed by atoms with Crippen molar-refractivity contribution in [3.05, 3.63) is 65.5 Å². The van der Waals surface area contributed by atoms with Gasteiger partial charge in [-0.15, -0.1) is 0 Å². The van der Waals surface area contributed by atoms with Crippen LogP contribution in [0.1, 0.15) is 11.1 Å². The highest BCUT2D eigenvalue weighted by atomic mass is 19.1. The van der Waals surface area contributed by atoms with Gasteiger partial charge >= 0.3 is 6.09 Å². The predicted octanol–water partition coefficient (Wildman–Crippen LogP) is 3.11. The molecule has 4 nitrogen and oxygen atoms in total. The molecule has 1 amide bonds. The van der Waals surface area contributed by atoms with Crippen molar-refractivity contribution in [3.8, 4) is 17.6 Å². The quantitative estimate of drug-likeness (QED) is 0.882. The minimum Gasteiger partial charge on any atom is -0.497 e. The molecule has 0 aliphatic heterocycles. The number of methoxy groups -OCH3 is 1. The number of halogens is 1. The highest BCUT2D eigenvalue weighted by molar-refractivity contribution is 5.67. The van der Waals surface area contributed by atoms with Gasteiger partial charge in [0.25, 0.3) is 0 Å². The maximum absolute atomic E-state index is 13.6. The molecule has 0 bridgehead atoms. The molecule has 2 rings (SSSR count). The van der Waals surface area contributed by atoms with E-state index in [2.05, 4.69) is 17.2 Å². The average molecular weight is 313 g/mol. The summed E-state index contributed by atoms with van der Waals surface area (Å²) in [6.45, 7) is 0.256. The van der Waals surface area contributed by atoms with Crippen LogP contribution in [0.5, 0.6) is 5.75 Å². The Kier molecular flexibility index (Phi) is 6.01. The summed E-state index contributed by atoms with van der Waals surface area (Å²) < 4.78 is 23.6. The molecule has 0 saturated heterocycles. The van der Waals surface area contributed by atoms with Crippen molar-refractivity contribution in [2.24, 2.45) is 0 Å². The maximum atomic E-state index is 13.6. The van der Waals surface area contributed by atoms with Crippen LogP contribution in [0.4, 0.5) is 9.18 Å². The van der Waals surface area contributed by atoms with Gasteiger partial charge in [-0.05, 0) is 17.7 Å². The maximum Gasteiger partial charge on any atom is 0.408 e. The van der Waals surface area contributed by atoms with Crippen LogP contribution in [0.2, 0.25) is 0 Å². The first-order valence-electron chi connectivity index (χ1n) is 6.96. The number of ether oxygens (including phenoxy) is 2. The Hall–Kier alpha value is -3.00. The average Bonchev–Trinajstić information content (AvgIpc) is 2.58. The molecule has 0 unspecified atom stereocenters. The van der Waals surface area contributed by atoms with Crippen LogP contribution in [0, 0.1) is 17.7 Å². The van der Waals surface area contributed by atoms with Crippen LogP contribution in [0.25, 0.3) is 0 Å². The first-order chi connectivity index (χ1) is 11.2. The van der Waals surface area contributed by atoms with E-state index in [4.69, 9.17) is 9.47 Å². The highest BCUT2D eigenvalue weighted by Gasteiger charge is 2.02. The SMILES string of the molecule is COc1ccc(C#CCNC(=O)OCc2ccccc2)c(F)c1. The zero-order valence-electron chi connectivity index (χ0n) is 12.6. The van der Waals surface area contributed by atoms with Crippen molar-refractivity contribution in [3.63, 3.8) is 0 Å². The fraction of sp³-hybridized carbons (Fsp3) is 0.167. The third-order valence-corrected chi connectivity index (χ3v) is 2.93. The second-order valence-electron chi connectivity index (χ2n) is 4.56. The number of alkyl carbamates (subject to hydrolysis) is 1. The van der Waals surface area contributed by atoms with Gasteiger partial charge in [-0.2, -0.15) is 0 Å². The fourth-order valence-corrected chi connectivity index (χ4v) is 1.75. The van der Waals surface area contributed by atoms with Gasteiger partial charge in [-0.3, -0.25) is 0 Å². The molecule has 0 radical (unpaired) electrons. The van der Waals surface area contributed by atoms with E-state index < -0.39 is 11.9 Å². The predicted molar refractivity (Wildman–Crippen MR) is 84.5 cm³/mol. The number of benzene rings is 2. The van der Waals surface area contributed by atoms with Crippen molar-refractivity contribution < 1.29 is 18.7 Å². The van der Waals surface area contributed by atoms with Crippen LogP contribution in [0.15, 0.2) is 48.5 Å². The number of hydrogen-bond acceptors (Lipinski definition) is 3. The van der Waals surface area contributed by atoms with E-state index in [1.165, 1.54) is 19.2 Å². The standard InChI is InChI=1S/C18H16FNO3/c1-22-16-10-9-15(17(19)12-16)8-5-11-20-18(21)23-13-14-6-3-2-4-7-14/h2-4,6-7,9-10,12H,11,13H2,1H3,(H,20,21). The topological polar surface area (TPSA) is 47.6 Å². The van der Waals surface area contributed by atoms with Crippen LogP contribution in [-0.4, -0.2) is 19.7 Å². The molecule has 2 aromatic carbocycles. The smallest absolute Gasteiger partial charge is 0.408 e.